The van der Waals surface area contributed by atoms with Crippen LogP contribution in [-0.2, 0) is 0 Å². The smallest absolute Gasteiger partial charge is 0.167 e. The number of benzene rings is 1. The summed E-state index contributed by atoms with van der Waals surface area (Å²) in [6.45, 7) is 0. The molecule has 0 aliphatic carbocycles. The third kappa shape index (κ3) is 1.03. The molecule has 1 N–H and O–H groups in total. The molecule has 0 fully saturated rings. The fraction of sp³-hybridized carbons (Fsp3) is 0. The molecule has 5 heteroatoms. The van der Waals surface area contributed by atoms with Crippen molar-refractivity contribution in [1.29, 1.82) is 0 Å². The minimum absolute atomic E-state index is 0.0821. The Labute approximate surface area is 80.8 Å². The van der Waals surface area contributed by atoms with Gasteiger partial charge in [0.1, 0.15) is 5.52 Å². The highest BCUT2D eigenvalue weighted by Crippen LogP contribution is 2.29. The molecule has 1 heterocycles. The van der Waals surface area contributed by atoms with Crippen LogP contribution in [0.15, 0.2) is 16.7 Å². The summed E-state index contributed by atoms with van der Waals surface area (Å²) in [4.78, 5) is 0. The van der Waals surface area contributed by atoms with Gasteiger partial charge in [0, 0.05) is 9.86 Å². The van der Waals surface area contributed by atoms with E-state index in [4.69, 9.17) is 11.6 Å². The third-order valence-corrected chi connectivity index (χ3v) is 2.51. The Kier molecular flexibility index (Phi) is 1.81. The van der Waals surface area contributed by atoms with Crippen LogP contribution < -0.4 is 0 Å². The molecule has 0 saturated carbocycles. The maximum Gasteiger partial charge on any atom is 0.167 e. The lowest BCUT2D eigenvalue weighted by atomic mass is 10.2. The summed E-state index contributed by atoms with van der Waals surface area (Å²) in [6, 6.07) is 1.51. The second kappa shape index (κ2) is 2.71. The highest BCUT2D eigenvalue weighted by Gasteiger charge is 2.10. The molecule has 0 saturated heterocycles. The zero-order valence-corrected chi connectivity index (χ0v) is 8.08. The van der Waals surface area contributed by atoms with Gasteiger partial charge in [0.25, 0.3) is 0 Å². The normalized spacial score (nSPS) is 10.9. The van der Waals surface area contributed by atoms with E-state index in [0.717, 1.165) is 4.47 Å². The first-order valence-electron chi connectivity index (χ1n) is 3.16. The van der Waals surface area contributed by atoms with Gasteiger partial charge in [0.15, 0.2) is 5.82 Å². The second-order valence-corrected chi connectivity index (χ2v) is 3.57. The van der Waals surface area contributed by atoms with Crippen LogP contribution in [0.3, 0.4) is 0 Å². The van der Waals surface area contributed by atoms with Crippen LogP contribution >= 0.6 is 27.5 Å². The van der Waals surface area contributed by atoms with Crippen LogP contribution in [0.2, 0.25) is 5.02 Å². The fourth-order valence-electron chi connectivity index (χ4n) is 1.01. The van der Waals surface area contributed by atoms with Gasteiger partial charge in [0.2, 0.25) is 0 Å². The lowest BCUT2D eigenvalue weighted by Crippen LogP contribution is -1.81. The van der Waals surface area contributed by atoms with E-state index in [1.54, 1.807) is 6.20 Å². The topological polar surface area (TPSA) is 28.7 Å². The molecule has 0 unspecified atom stereocenters. The molecule has 0 amide bonds. The summed E-state index contributed by atoms with van der Waals surface area (Å²) < 4.78 is 13.9. The maximum absolute atomic E-state index is 13.2. The van der Waals surface area contributed by atoms with Crippen LogP contribution in [0.25, 0.3) is 10.9 Å². The highest BCUT2D eigenvalue weighted by molar-refractivity contribution is 9.10. The average molecular weight is 249 g/mol. The predicted octanol–water partition coefficient (Wildman–Crippen LogP) is 3.12. The van der Waals surface area contributed by atoms with Crippen LogP contribution in [0.1, 0.15) is 0 Å². The molecule has 2 rings (SSSR count). The number of fused-ring (bicyclic) bond motifs is 1. The first kappa shape index (κ1) is 8.01. The average Bonchev–Trinajstić information content (AvgIpc) is 2.48. The Morgan fingerprint density at radius 1 is 1.58 bits per heavy atom. The van der Waals surface area contributed by atoms with Crippen molar-refractivity contribution in [2.75, 3.05) is 0 Å². The van der Waals surface area contributed by atoms with Crippen molar-refractivity contribution in [2.45, 2.75) is 0 Å². The first-order chi connectivity index (χ1) is 5.70. The van der Waals surface area contributed by atoms with E-state index in [0.29, 0.717) is 10.9 Å². The molecule has 0 spiro atoms. The van der Waals surface area contributed by atoms with Crippen molar-refractivity contribution in [2.24, 2.45) is 0 Å². The van der Waals surface area contributed by atoms with Crippen molar-refractivity contribution in [3.8, 4) is 0 Å². The molecule has 0 radical (unpaired) electrons. The SMILES string of the molecule is Fc1c(Cl)cc(Br)c2cn[nH]c12. The summed E-state index contributed by atoms with van der Waals surface area (Å²) in [5.74, 6) is -0.465. The molecule has 62 valence electrons. The Balaban J connectivity index is 2.97. The minimum Gasteiger partial charge on any atom is -0.275 e. The summed E-state index contributed by atoms with van der Waals surface area (Å²) in [6.07, 6.45) is 1.54. The van der Waals surface area contributed by atoms with Crippen LogP contribution in [0, 0.1) is 5.82 Å². The van der Waals surface area contributed by atoms with Crippen LogP contribution in [-0.4, -0.2) is 10.2 Å². The van der Waals surface area contributed by atoms with Gasteiger partial charge in [-0.25, -0.2) is 4.39 Å². The van der Waals surface area contributed by atoms with Gasteiger partial charge in [-0.15, -0.1) is 0 Å². The lowest BCUT2D eigenvalue weighted by molar-refractivity contribution is 0.636. The van der Waals surface area contributed by atoms with Gasteiger partial charge in [-0.2, -0.15) is 5.10 Å². The number of aromatic nitrogens is 2. The van der Waals surface area contributed by atoms with Crippen molar-refractivity contribution in [1.82, 2.24) is 10.2 Å². The van der Waals surface area contributed by atoms with E-state index in [1.165, 1.54) is 6.07 Å². The summed E-state index contributed by atoms with van der Waals surface area (Å²) in [5, 5.41) is 7.01. The number of hydrogen-bond acceptors (Lipinski definition) is 1. The molecular formula is C7H3BrClFN2. The van der Waals surface area contributed by atoms with Crippen molar-refractivity contribution >= 4 is 38.4 Å². The van der Waals surface area contributed by atoms with Crippen molar-refractivity contribution in [3.63, 3.8) is 0 Å². The summed E-state index contributed by atoms with van der Waals surface area (Å²) in [5.41, 5.74) is 0.328. The Morgan fingerprint density at radius 2 is 2.33 bits per heavy atom. The zero-order chi connectivity index (χ0) is 8.72. The molecule has 0 aliphatic heterocycles. The van der Waals surface area contributed by atoms with Gasteiger partial charge < -0.3 is 0 Å². The molecule has 0 aliphatic rings. The Hall–Kier alpha value is -0.610. The first-order valence-corrected chi connectivity index (χ1v) is 4.34. The molecule has 1 aromatic carbocycles. The fourth-order valence-corrected chi connectivity index (χ4v) is 1.87. The number of rotatable bonds is 0. The van der Waals surface area contributed by atoms with E-state index >= 15 is 0 Å². The largest absolute Gasteiger partial charge is 0.275 e. The Morgan fingerprint density at radius 3 is 3.08 bits per heavy atom. The predicted molar refractivity (Wildman–Crippen MR) is 48.8 cm³/mol. The lowest BCUT2D eigenvalue weighted by Gasteiger charge is -1.97. The summed E-state index contributed by atoms with van der Waals surface area (Å²) >= 11 is 8.85. The number of hydrogen-bond donors (Lipinski definition) is 1. The van der Waals surface area contributed by atoms with Crippen LogP contribution in [0.4, 0.5) is 4.39 Å². The molecule has 2 nitrogen and oxygen atoms in total. The molecule has 2 aromatic rings. The highest BCUT2D eigenvalue weighted by atomic mass is 79.9. The third-order valence-electron chi connectivity index (χ3n) is 1.58. The van der Waals surface area contributed by atoms with E-state index in [2.05, 4.69) is 26.1 Å². The van der Waals surface area contributed by atoms with Crippen molar-refractivity contribution < 1.29 is 4.39 Å². The minimum atomic E-state index is -0.465. The number of nitrogens with one attached hydrogen (secondary N) is 1. The quantitative estimate of drug-likeness (QED) is 0.714. The molecule has 0 bridgehead atoms. The number of nitrogens with zero attached hydrogens (tertiary/aromatic N) is 1. The van der Waals surface area contributed by atoms with E-state index in [-0.39, 0.29) is 5.02 Å². The zero-order valence-electron chi connectivity index (χ0n) is 5.74. The standard InChI is InChI=1S/C7H3BrClFN2/c8-4-1-5(9)6(10)7-3(4)2-11-12-7/h1-2H,(H,11,12). The summed E-state index contributed by atoms with van der Waals surface area (Å²) in [7, 11) is 0. The van der Waals surface area contributed by atoms with E-state index in [1.807, 2.05) is 0 Å². The molecular weight excluding hydrogens is 246 g/mol. The van der Waals surface area contributed by atoms with Gasteiger partial charge in [-0.3, -0.25) is 5.10 Å². The number of halogens is 3. The number of aromatic amines is 1. The van der Waals surface area contributed by atoms with Gasteiger partial charge in [-0.05, 0) is 22.0 Å². The molecule has 12 heavy (non-hydrogen) atoms. The second-order valence-electron chi connectivity index (χ2n) is 2.31. The van der Waals surface area contributed by atoms with Gasteiger partial charge in [0.05, 0.1) is 11.2 Å². The molecule has 1 aromatic heterocycles. The van der Waals surface area contributed by atoms with Crippen molar-refractivity contribution in [3.05, 3.63) is 27.6 Å². The van der Waals surface area contributed by atoms with E-state index in [9.17, 15) is 4.39 Å². The van der Waals surface area contributed by atoms with E-state index < -0.39 is 5.82 Å². The van der Waals surface area contributed by atoms with Crippen LogP contribution in [0.5, 0.6) is 0 Å². The Bertz CT molecular complexity index is 440. The molecule has 0 atom stereocenters. The van der Waals surface area contributed by atoms with Gasteiger partial charge >= 0.3 is 0 Å². The maximum atomic E-state index is 13.2. The van der Waals surface area contributed by atoms with Gasteiger partial charge in [-0.1, -0.05) is 11.6 Å². The monoisotopic (exact) mass is 248 g/mol. The number of H-pyrrole nitrogens is 1.